The van der Waals surface area contributed by atoms with Gasteiger partial charge in [-0.05, 0) is 0 Å². The molecule has 2 rings (SSSR count). The number of fused-ring (bicyclic) bond motifs is 1. The lowest BCUT2D eigenvalue weighted by atomic mass is 10.1. The summed E-state index contributed by atoms with van der Waals surface area (Å²) in [4.78, 5) is 4.25. The lowest BCUT2D eigenvalue weighted by Crippen LogP contribution is -1.97. The number of anilines is 1. The summed E-state index contributed by atoms with van der Waals surface area (Å²) in [6.07, 6.45) is 1.50. The molecule has 0 unspecified atom stereocenters. The first-order chi connectivity index (χ1) is 7.77. The van der Waals surface area contributed by atoms with Crippen molar-refractivity contribution in [2.24, 2.45) is 0 Å². The summed E-state index contributed by atoms with van der Waals surface area (Å²) in [6, 6.07) is 7.70. The van der Waals surface area contributed by atoms with Gasteiger partial charge in [0.2, 0.25) is 0 Å². The van der Waals surface area contributed by atoms with Crippen LogP contribution in [0.2, 0.25) is 0 Å². The SMILES string of the molecule is COCc1cccc2c(N)c(C#N)cnc12. The van der Waals surface area contributed by atoms with E-state index in [2.05, 4.69) is 4.98 Å². The zero-order valence-corrected chi connectivity index (χ0v) is 8.90. The molecular formula is C12H11N3O. The van der Waals surface area contributed by atoms with Crippen LogP contribution in [0.15, 0.2) is 24.4 Å². The molecule has 0 saturated carbocycles. The highest BCUT2D eigenvalue weighted by atomic mass is 16.5. The van der Waals surface area contributed by atoms with Crippen molar-refractivity contribution in [3.05, 3.63) is 35.5 Å². The second-order valence-corrected chi connectivity index (χ2v) is 3.44. The fourth-order valence-corrected chi connectivity index (χ4v) is 1.67. The highest BCUT2D eigenvalue weighted by Gasteiger charge is 2.08. The topological polar surface area (TPSA) is 71.9 Å². The Morgan fingerprint density at radius 1 is 1.50 bits per heavy atom. The Morgan fingerprint density at radius 2 is 2.31 bits per heavy atom. The molecule has 1 aromatic heterocycles. The molecular weight excluding hydrogens is 202 g/mol. The number of para-hydroxylation sites is 1. The predicted molar refractivity (Wildman–Crippen MR) is 61.6 cm³/mol. The molecule has 0 aliphatic rings. The molecule has 0 aliphatic carbocycles. The van der Waals surface area contributed by atoms with Crippen molar-refractivity contribution in [3.63, 3.8) is 0 Å². The maximum atomic E-state index is 8.86. The zero-order valence-electron chi connectivity index (χ0n) is 8.90. The van der Waals surface area contributed by atoms with E-state index in [9.17, 15) is 0 Å². The van der Waals surface area contributed by atoms with Gasteiger partial charge in [-0.15, -0.1) is 0 Å². The average molecular weight is 213 g/mol. The average Bonchev–Trinajstić information content (AvgIpc) is 2.31. The molecule has 1 aromatic carbocycles. The Labute approximate surface area is 93.3 Å². The number of hydrogen-bond acceptors (Lipinski definition) is 4. The molecule has 4 nitrogen and oxygen atoms in total. The van der Waals surface area contributed by atoms with Crippen LogP contribution < -0.4 is 5.73 Å². The van der Waals surface area contributed by atoms with Gasteiger partial charge in [0.05, 0.1) is 23.4 Å². The number of nitrogens with zero attached hydrogens (tertiary/aromatic N) is 2. The van der Waals surface area contributed by atoms with E-state index in [-0.39, 0.29) is 0 Å². The molecule has 0 amide bonds. The van der Waals surface area contributed by atoms with Crippen molar-refractivity contribution >= 4 is 16.6 Å². The largest absolute Gasteiger partial charge is 0.397 e. The van der Waals surface area contributed by atoms with Gasteiger partial charge in [0, 0.05) is 24.3 Å². The van der Waals surface area contributed by atoms with E-state index in [0.717, 1.165) is 16.5 Å². The van der Waals surface area contributed by atoms with E-state index in [1.165, 1.54) is 6.20 Å². The van der Waals surface area contributed by atoms with Crippen molar-refractivity contribution in [3.8, 4) is 6.07 Å². The van der Waals surface area contributed by atoms with Crippen LogP contribution >= 0.6 is 0 Å². The van der Waals surface area contributed by atoms with E-state index < -0.39 is 0 Å². The van der Waals surface area contributed by atoms with Gasteiger partial charge in [0.15, 0.2) is 0 Å². The summed E-state index contributed by atoms with van der Waals surface area (Å²) in [6.45, 7) is 0.482. The fraction of sp³-hybridized carbons (Fsp3) is 0.167. The standard InChI is InChI=1S/C12H11N3O/c1-16-7-8-3-2-4-10-11(14)9(5-13)6-15-12(8)10/h2-4,6H,7H2,1H3,(H2,14,15). The molecule has 2 N–H and O–H groups in total. The van der Waals surface area contributed by atoms with Gasteiger partial charge in [-0.3, -0.25) is 4.98 Å². The maximum absolute atomic E-state index is 8.86. The van der Waals surface area contributed by atoms with Crippen molar-refractivity contribution in [2.45, 2.75) is 6.61 Å². The molecule has 2 aromatic rings. The van der Waals surface area contributed by atoms with Crippen LogP contribution in [-0.2, 0) is 11.3 Å². The Balaban J connectivity index is 2.73. The zero-order chi connectivity index (χ0) is 11.5. The van der Waals surface area contributed by atoms with E-state index in [1.807, 2.05) is 24.3 Å². The molecule has 0 spiro atoms. The highest BCUT2D eigenvalue weighted by Crippen LogP contribution is 2.25. The molecule has 16 heavy (non-hydrogen) atoms. The van der Waals surface area contributed by atoms with Gasteiger partial charge < -0.3 is 10.5 Å². The highest BCUT2D eigenvalue weighted by molar-refractivity contribution is 5.94. The molecule has 80 valence electrons. The van der Waals surface area contributed by atoms with E-state index >= 15 is 0 Å². The molecule has 4 heteroatoms. The maximum Gasteiger partial charge on any atom is 0.103 e. The number of nitriles is 1. The third-order valence-electron chi connectivity index (χ3n) is 2.44. The van der Waals surface area contributed by atoms with Crippen LogP contribution in [0.25, 0.3) is 10.9 Å². The van der Waals surface area contributed by atoms with Crippen molar-refractivity contribution < 1.29 is 4.74 Å². The molecule has 0 radical (unpaired) electrons. The number of methoxy groups -OCH3 is 1. The fourth-order valence-electron chi connectivity index (χ4n) is 1.67. The molecule has 0 saturated heterocycles. The van der Waals surface area contributed by atoms with Crippen LogP contribution in [-0.4, -0.2) is 12.1 Å². The molecule has 0 bridgehead atoms. The molecule has 0 fully saturated rings. The summed E-state index contributed by atoms with van der Waals surface area (Å²) in [5.74, 6) is 0. The second kappa shape index (κ2) is 4.17. The van der Waals surface area contributed by atoms with Crippen molar-refractivity contribution in [1.29, 1.82) is 5.26 Å². The van der Waals surface area contributed by atoms with Gasteiger partial charge in [-0.2, -0.15) is 5.26 Å². The smallest absolute Gasteiger partial charge is 0.103 e. The predicted octanol–water partition coefficient (Wildman–Crippen LogP) is 1.84. The quantitative estimate of drug-likeness (QED) is 0.826. The number of ether oxygens (including phenoxy) is 1. The minimum atomic E-state index is 0.405. The van der Waals surface area contributed by atoms with Gasteiger partial charge >= 0.3 is 0 Å². The number of hydrogen-bond donors (Lipinski definition) is 1. The summed E-state index contributed by atoms with van der Waals surface area (Å²) in [5, 5.41) is 9.66. The third-order valence-corrected chi connectivity index (χ3v) is 2.44. The monoisotopic (exact) mass is 213 g/mol. The normalized spacial score (nSPS) is 10.2. The summed E-state index contributed by atoms with van der Waals surface area (Å²) in [7, 11) is 1.63. The van der Waals surface area contributed by atoms with E-state index in [0.29, 0.717) is 17.9 Å². The second-order valence-electron chi connectivity index (χ2n) is 3.44. The van der Waals surface area contributed by atoms with Crippen molar-refractivity contribution in [2.75, 3.05) is 12.8 Å². The number of nitrogens with two attached hydrogens (primary N) is 1. The summed E-state index contributed by atoms with van der Waals surface area (Å²) < 4.78 is 5.09. The van der Waals surface area contributed by atoms with Gasteiger partial charge in [0.1, 0.15) is 6.07 Å². The Hall–Kier alpha value is -2.12. The number of benzene rings is 1. The molecule has 1 heterocycles. The first kappa shape index (κ1) is 10.4. The molecule has 0 atom stereocenters. The van der Waals surface area contributed by atoms with Crippen LogP contribution in [0, 0.1) is 11.3 Å². The summed E-state index contributed by atoms with van der Waals surface area (Å²) >= 11 is 0. The van der Waals surface area contributed by atoms with E-state index in [1.54, 1.807) is 7.11 Å². The van der Waals surface area contributed by atoms with Gasteiger partial charge in [-0.1, -0.05) is 18.2 Å². The number of aromatic nitrogens is 1. The van der Waals surface area contributed by atoms with Gasteiger partial charge in [-0.25, -0.2) is 0 Å². The van der Waals surface area contributed by atoms with E-state index in [4.69, 9.17) is 15.7 Å². The van der Waals surface area contributed by atoms with Crippen LogP contribution in [0.3, 0.4) is 0 Å². The number of rotatable bonds is 2. The lowest BCUT2D eigenvalue weighted by Gasteiger charge is -2.07. The Morgan fingerprint density at radius 3 is 3.00 bits per heavy atom. The molecule has 0 aliphatic heterocycles. The third kappa shape index (κ3) is 1.58. The van der Waals surface area contributed by atoms with Gasteiger partial charge in [0.25, 0.3) is 0 Å². The van der Waals surface area contributed by atoms with Crippen LogP contribution in [0.5, 0.6) is 0 Å². The minimum absolute atomic E-state index is 0.405. The first-order valence-corrected chi connectivity index (χ1v) is 4.83. The lowest BCUT2D eigenvalue weighted by molar-refractivity contribution is 0.186. The van der Waals surface area contributed by atoms with Crippen LogP contribution in [0.1, 0.15) is 11.1 Å². The number of pyridine rings is 1. The first-order valence-electron chi connectivity index (χ1n) is 4.83. The van der Waals surface area contributed by atoms with Crippen molar-refractivity contribution in [1.82, 2.24) is 4.98 Å². The minimum Gasteiger partial charge on any atom is -0.397 e. The Kier molecular flexibility index (Phi) is 2.71. The summed E-state index contributed by atoms with van der Waals surface area (Å²) in [5.41, 5.74) is 8.53. The number of nitrogen functional groups attached to an aromatic ring is 1. The Bertz CT molecular complexity index is 572. The van der Waals surface area contributed by atoms with Crippen LogP contribution in [0.4, 0.5) is 5.69 Å².